The van der Waals surface area contributed by atoms with Crippen LogP contribution in [0, 0.1) is 5.41 Å². The third-order valence-corrected chi connectivity index (χ3v) is 3.21. The quantitative estimate of drug-likeness (QED) is 0.485. The minimum atomic E-state index is -0.239. The van der Waals surface area contributed by atoms with Crippen molar-refractivity contribution in [2.75, 3.05) is 11.1 Å². The smallest absolute Gasteiger partial charge is 0.168 e. The fourth-order valence-corrected chi connectivity index (χ4v) is 2.22. The maximum absolute atomic E-state index is 12.0. The molecule has 0 spiro atoms. The van der Waals surface area contributed by atoms with Crippen molar-refractivity contribution < 1.29 is 9.59 Å². The highest BCUT2D eigenvalue weighted by atomic mass is 16.1. The molecule has 0 atom stereocenters. The van der Waals surface area contributed by atoms with Crippen LogP contribution in [0.2, 0.25) is 0 Å². The van der Waals surface area contributed by atoms with Gasteiger partial charge in [0.25, 0.3) is 0 Å². The Labute approximate surface area is 112 Å². The zero-order chi connectivity index (χ0) is 14.0. The van der Waals surface area contributed by atoms with Crippen LogP contribution in [-0.2, 0) is 9.59 Å². The van der Waals surface area contributed by atoms with Crippen LogP contribution in [0.3, 0.4) is 0 Å². The van der Waals surface area contributed by atoms with Crippen molar-refractivity contribution in [2.45, 2.75) is 26.7 Å². The van der Waals surface area contributed by atoms with Crippen molar-refractivity contribution in [1.82, 2.24) is 0 Å². The highest BCUT2D eigenvalue weighted by molar-refractivity contribution is 6.22. The lowest BCUT2D eigenvalue weighted by Crippen LogP contribution is -2.31. The number of ketones is 2. The molecule has 4 nitrogen and oxygen atoms in total. The summed E-state index contributed by atoms with van der Waals surface area (Å²) in [6.45, 7) is 3.87. The Hall–Kier alpha value is -2.10. The van der Waals surface area contributed by atoms with Gasteiger partial charge in [0.05, 0.1) is 16.9 Å². The monoisotopic (exact) mass is 258 g/mol. The summed E-state index contributed by atoms with van der Waals surface area (Å²) in [5.41, 5.74) is 7.06. The average Bonchev–Trinajstić information content (AvgIpc) is 2.28. The third-order valence-electron chi connectivity index (χ3n) is 3.21. The molecule has 0 amide bonds. The lowest BCUT2D eigenvalue weighted by Gasteiger charge is -2.28. The van der Waals surface area contributed by atoms with Crippen molar-refractivity contribution in [2.24, 2.45) is 5.41 Å². The first kappa shape index (κ1) is 13.3. The molecule has 2 rings (SSSR count). The van der Waals surface area contributed by atoms with E-state index in [1.165, 1.54) is 6.20 Å². The lowest BCUT2D eigenvalue weighted by atomic mass is 9.74. The minimum absolute atomic E-state index is 0.108. The number of allylic oxidation sites excluding steroid dienone is 1. The standard InChI is InChI=1S/C15H18N2O2/c1-15(2)7-13(18)10(14(19)8-15)9-17-12-6-4-3-5-11(12)16/h3-6,9,17H,7-8,16H2,1-2H3. The Kier molecular flexibility index (Phi) is 3.42. The first-order chi connectivity index (χ1) is 8.89. The fraction of sp³-hybridized carbons (Fsp3) is 0.333. The minimum Gasteiger partial charge on any atom is -0.397 e. The van der Waals surface area contributed by atoms with Crippen LogP contribution < -0.4 is 11.1 Å². The number of hydrogen-bond donors (Lipinski definition) is 2. The Morgan fingerprint density at radius 3 is 2.32 bits per heavy atom. The molecule has 1 aliphatic rings. The van der Waals surface area contributed by atoms with Gasteiger partial charge in [-0.3, -0.25) is 9.59 Å². The van der Waals surface area contributed by atoms with Crippen LogP contribution in [0.25, 0.3) is 0 Å². The Balaban J connectivity index is 2.18. The molecule has 0 aromatic heterocycles. The molecule has 3 N–H and O–H groups in total. The van der Waals surface area contributed by atoms with Crippen LogP contribution >= 0.6 is 0 Å². The number of nitrogens with two attached hydrogens (primary N) is 1. The summed E-state index contributed by atoms with van der Waals surface area (Å²) in [7, 11) is 0. The van der Waals surface area contributed by atoms with Gasteiger partial charge in [-0.05, 0) is 17.5 Å². The molecule has 1 fully saturated rings. The van der Waals surface area contributed by atoms with Crippen LogP contribution in [0.1, 0.15) is 26.7 Å². The van der Waals surface area contributed by atoms with E-state index in [0.717, 1.165) is 0 Å². The van der Waals surface area contributed by atoms with Crippen LogP contribution in [0.15, 0.2) is 36.0 Å². The number of Topliss-reactive ketones (excluding diaryl/α,β-unsaturated/α-hetero) is 2. The predicted octanol–water partition coefficient (Wildman–Crippen LogP) is 2.52. The summed E-state index contributed by atoms with van der Waals surface area (Å²) >= 11 is 0. The summed E-state index contributed by atoms with van der Waals surface area (Å²) in [4.78, 5) is 23.9. The van der Waals surface area contributed by atoms with E-state index in [-0.39, 0.29) is 22.6 Å². The van der Waals surface area contributed by atoms with Gasteiger partial charge >= 0.3 is 0 Å². The number of anilines is 2. The van der Waals surface area contributed by atoms with E-state index in [9.17, 15) is 9.59 Å². The Morgan fingerprint density at radius 2 is 1.74 bits per heavy atom. The number of nitrogen functional groups attached to an aromatic ring is 1. The molecule has 0 radical (unpaired) electrons. The summed E-state index contributed by atoms with van der Waals surface area (Å²) < 4.78 is 0. The van der Waals surface area contributed by atoms with Crippen LogP contribution in [0.5, 0.6) is 0 Å². The van der Waals surface area contributed by atoms with Gasteiger partial charge in [0, 0.05) is 19.0 Å². The predicted molar refractivity (Wildman–Crippen MR) is 75.6 cm³/mol. The summed E-state index contributed by atoms with van der Waals surface area (Å²) in [6, 6.07) is 7.22. The number of hydrogen-bond acceptors (Lipinski definition) is 4. The van der Waals surface area contributed by atoms with Gasteiger partial charge < -0.3 is 11.1 Å². The molecule has 0 saturated heterocycles. The van der Waals surface area contributed by atoms with Crippen molar-refractivity contribution >= 4 is 22.9 Å². The number of rotatable bonds is 2. The second-order valence-electron chi connectivity index (χ2n) is 5.65. The second-order valence-corrected chi connectivity index (χ2v) is 5.65. The van der Waals surface area contributed by atoms with Gasteiger partial charge in [0.15, 0.2) is 11.6 Å². The van der Waals surface area contributed by atoms with Gasteiger partial charge in [0.1, 0.15) is 0 Å². The number of para-hydroxylation sites is 2. The molecule has 4 heteroatoms. The summed E-state index contributed by atoms with van der Waals surface area (Å²) in [6.07, 6.45) is 2.28. The summed E-state index contributed by atoms with van der Waals surface area (Å²) in [5, 5.41) is 2.94. The zero-order valence-corrected chi connectivity index (χ0v) is 11.2. The second kappa shape index (κ2) is 4.88. The van der Waals surface area contributed by atoms with Gasteiger partial charge in [-0.15, -0.1) is 0 Å². The largest absolute Gasteiger partial charge is 0.397 e. The third kappa shape index (κ3) is 3.02. The topological polar surface area (TPSA) is 72.2 Å². The number of nitrogens with one attached hydrogen (secondary N) is 1. The number of benzene rings is 1. The molecule has 1 aliphatic carbocycles. The molecule has 0 bridgehead atoms. The first-order valence-electron chi connectivity index (χ1n) is 6.27. The van der Waals surface area contributed by atoms with E-state index < -0.39 is 0 Å². The Morgan fingerprint density at radius 1 is 1.16 bits per heavy atom. The van der Waals surface area contributed by atoms with Gasteiger partial charge in [-0.25, -0.2) is 0 Å². The van der Waals surface area contributed by atoms with E-state index in [1.54, 1.807) is 12.1 Å². The lowest BCUT2D eigenvalue weighted by molar-refractivity contribution is -0.127. The first-order valence-corrected chi connectivity index (χ1v) is 6.27. The molecule has 100 valence electrons. The molecular formula is C15H18N2O2. The van der Waals surface area contributed by atoms with Crippen molar-refractivity contribution in [1.29, 1.82) is 0 Å². The van der Waals surface area contributed by atoms with E-state index in [2.05, 4.69) is 5.32 Å². The number of carbonyl (C=O) groups excluding carboxylic acids is 2. The van der Waals surface area contributed by atoms with E-state index in [4.69, 9.17) is 5.73 Å². The highest BCUT2D eigenvalue weighted by Crippen LogP contribution is 2.33. The van der Waals surface area contributed by atoms with Crippen LogP contribution in [-0.4, -0.2) is 11.6 Å². The Bertz CT molecular complexity index is 537. The number of carbonyl (C=O) groups is 2. The van der Waals surface area contributed by atoms with Crippen molar-refractivity contribution in [3.63, 3.8) is 0 Å². The molecule has 1 aromatic carbocycles. The highest BCUT2D eigenvalue weighted by Gasteiger charge is 2.35. The average molecular weight is 258 g/mol. The van der Waals surface area contributed by atoms with Gasteiger partial charge in [-0.2, -0.15) is 0 Å². The van der Waals surface area contributed by atoms with Crippen molar-refractivity contribution in [3.8, 4) is 0 Å². The maximum Gasteiger partial charge on any atom is 0.168 e. The molecular weight excluding hydrogens is 240 g/mol. The SMILES string of the molecule is CC1(C)CC(=O)C(=CNc2ccccc2N)C(=O)C1. The fourth-order valence-electron chi connectivity index (χ4n) is 2.22. The van der Waals surface area contributed by atoms with E-state index in [1.807, 2.05) is 26.0 Å². The van der Waals surface area contributed by atoms with E-state index in [0.29, 0.717) is 24.2 Å². The van der Waals surface area contributed by atoms with Gasteiger partial charge in [-0.1, -0.05) is 26.0 Å². The molecule has 1 saturated carbocycles. The molecule has 0 aliphatic heterocycles. The van der Waals surface area contributed by atoms with Crippen LogP contribution in [0.4, 0.5) is 11.4 Å². The van der Waals surface area contributed by atoms with E-state index >= 15 is 0 Å². The molecule has 19 heavy (non-hydrogen) atoms. The summed E-state index contributed by atoms with van der Waals surface area (Å²) in [5.74, 6) is -0.216. The van der Waals surface area contributed by atoms with Crippen molar-refractivity contribution in [3.05, 3.63) is 36.0 Å². The zero-order valence-electron chi connectivity index (χ0n) is 11.2. The molecule has 0 heterocycles. The normalized spacial score (nSPS) is 18.3. The maximum atomic E-state index is 12.0. The van der Waals surface area contributed by atoms with Gasteiger partial charge in [0.2, 0.25) is 0 Å². The molecule has 0 unspecified atom stereocenters. The molecule has 1 aromatic rings.